The van der Waals surface area contributed by atoms with Crippen molar-refractivity contribution in [1.82, 2.24) is 0 Å². The minimum atomic E-state index is -0.520. The highest BCUT2D eigenvalue weighted by Gasteiger charge is 2.18. The number of benzene rings is 2. The van der Waals surface area contributed by atoms with Gasteiger partial charge in [0.15, 0.2) is 0 Å². The van der Waals surface area contributed by atoms with E-state index in [0.717, 1.165) is 5.56 Å². The lowest BCUT2D eigenvalue weighted by molar-refractivity contribution is 0.564. The molecule has 0 aromatic heterocycles. The first-order chi connectivity index (χ1) is 8.99. The molecule has 2 atom stereocenters. The van der Waals surface area contributed by atoms with E-state index in [9.17, 15) is 4.39 Å². The number of nitrogens with two attached hydrogens (primary N) is 2. The van der Waals surface area contributed by atoms with Gasteiger partial charge in [0.1, 0.15) is 5.82 Å². The molecule has 0 heterocycles. The molecule has 2 aromatic carbocycles. The Kier molecular flexibility index (Phi) is 4.42. The molecule has 0 fully saturated rings. The van der Waals surface area contributed by atoms with Gasteiger partial charge in [-0.1, -0.05) is 41.4 Å². The molecule has 2 aromatic rings. The number of hydrogen-bond donors (Lipinski definition) is 2. The average Bonchev–Trinajstić information content (AvgIpc) is 2.41. The van der Waals surface area contributed by atoms with Crippen molar-refractivity contribution in [3.63, 3.8) is 0 Å². The third-order valence-electron chi connectivity index (χ3n) is 2.97. The molecular weight excluding hydrogens is 286 g/mol. The Morgan fingerprint density at radius 1 is 0.842 bits per heavy atom. The van der Waals surface area contributed by atoms with Crippen molar-refractivity contribution in [2.75, 3.05) is 0 Å². The second-order valence-electron chi connectivity index (χ2n) is 4.28. The maximum absolute atomic E-state index is 13.4. The van der Waals surface area contributed by atoms with E-state index in [1.54, 1.807) is 30.3 Å². The minimum absolute atomic E-state index is 0.0658. The van der Waals surface area contributed by atoms with Crippen molar-refractivity contribution in [2.45, 2.75) is 12.1 Å². The third-order valence-corrected chi connectivity index (χ3v) is 3.53. The van der Waals surface area contributed by atoms with Crippen LogP contribution in [0.2, 0.25) is 10.0 Å². The zero-order valence-corrected chi connectivity index (χ0v) is 11.5. The van der Waals surface area contributed by atoms with Crippen LogP contribution in [0.15, 0.2) is 42.5 Å². The Balaban J connectivity index is 2.25. The largest absolute Gasteiger partial charge is 0.322 e. The summed E-state index contributed by atoms with van der Waals surface area (Å²) in [6, 6.07) is 10.6. The van der Waals surface area contributed by atoms with Gasteiger partial charge in [-0.2, -0.15) is 0 Å². The second-order valence-corrected chi connectivity index (χ2v) is 5.12. The molecular formula is C14H13Cl2FN2. The van der Waals surface area contributed by atoms with E-state index >= 15 is 0 Å². The molecule has 5 heteroatoms. The summed E-state index contributed by atoms with van der Waals surface area (Å²) in [4.78, 5) is 0. The molecule has 2 rings (SSSR count). The van der Waals surface area contributed by atoms with Crippen LogP contribution in [0.4, 0.5) is 4.39 Å². The number of rotatable bonds is 3. The molecule has 0 saturated heterocycles. The lowest BCUT2D eigenvalue weighted by Gasteiger charge is -2.21. The highest BCUT2D eigenvalue weighted by molar-refractivity contribution is 6.30. The first-order valence-corrected chi connectivity index (χ1v) is 6.46. The summed E-state index contributed by atoms with van der Waals surface area (Å²) in [7, 11) is 0. The van der Waals surface area contributed by atoms with Gasteiger partial charge < -0.3 is 11.5 Å². The fourth-order valence-electron chi connectivity index (χ4n) is 1.82. The third kappa shape index (κ3) is 3.25. The Hall–Kier alpha value is -1.13. The summed E-state index contributed by atoms with van der Waals surface area (Å²) in [5.41, 5.74) is 13.6. The first kappa shape index (κ1) is 14.3. The van der Waals surface area contributed by atoms with Gasteiger partial charge in [0.2, 0.25) is 0 Å². The van der Waals surface area contributed by atoms with Gasteiger partial charge in [-0.3, -0.25) is 0 Å². The Morgan fingerprint density at radius 3 is 1.95 bits per heavy atom. The van der Waals surface area contributed by atoms with Crippen LogP contribution in [-0.2, 0) is 0 Å². The van der Waals surface area contributed by atoms with Crippen LogP contribution in [-0.4, -0.2) is 0 Å². The number of hydrogen-bond acceptors (Lipinski definition) is 2. The summed E-state index contributed by atoms with van der Waals surface area (Å²) in [6.07, 6.45) is 0. The zero-order valence-electron chi connectivity index (χ0n) is 9.98. The molecule has 4 N–H and O–H groups in total. The molecule has 0 aliphatic carbocycles. The Morgan fingerprint density at radius 2 is 1.37 bits per heavy atom. The van der Waals surface area contributed by atoms with E-state index in [0.29, 0.717) is 10.6 Å². The van der Waals surface area contributed by atoms with E-state index < -0.39 is 17.9 Å². The van der Waals surface area contributed by atoms with Crippen molar-refractivity contribution in [3.05, 3.63) is 69.5 Å². The lowest BCUT2D eigenvalue weighted by atomic mass is 9.95. The van der Waals surface area contributed by atoms with Crippen LogP contribution >= 0.6 is 23.2 Å². The van der Waals surface area contributed by atoms with Crippen LogP contribution in [0.1, 0.15) is 23.2 Å². The summed E-state index contributed by atoms with van der Waals surface area (Å²) in [5, 5.41) is 0.693. The van der Waals surface area contributed by atoms with Gasteiger partial charge >= 0.3 is 0 Å². The summed E-state index contributed by atoms with van der Waals surface area (Å²) in [6.45, 7) is 0. The van der Waals surface area contributed by atoms with Crippen LogP contribution in [0.3, 0.4) is 0 Å². The molecule has 0 aliphatic heterocycles. The van der Waals surface area contributed by atoms with Crippen LogP contribution in [0.25, 0.3) is 0 Å². The van der Waals surface area contributed by atoms with Gasteiger partial charge in [-0.05, 0) is 35.4 Å². The van der Waals surface area contributed by atoms with E-state index in [-0.39, 0.29) is 5.02 Å². The van der Waals surface area contributed by atoms with E-state index in [2.05, 4.69) is 0 Å². The van der Waals surface area contributed by atoms with Gasteiger partial charge in [0.05, 0.1) is 5.02 Å². The fourth-order valence-corrected chi connectivity index (χ4v) is 2.06. The van der Waals surface area contributed by atoms with Crippen molar-refractivity contribution < 1.29 is 4.39 Å². The molecule has 0 bridgehead atoms. The maximum Gasteiger partial charge on any atom is 0.142 e. The number of halogens is 3. The maximum atomic E-state index is 13.4. The van der Waals surface area contributed by atoms with Crippen LogP contribution < -0.4 is 11.5 Å². The predicted molar refractivity (Wildman–Crippen MR) is 76.7 cm³/mol. The molecule has 2 nitrogen and oxygen atoms in total. The molecule has 19 heavy (non-hydrogen) atoms. The van der Waals surface area contributed by atoms with Gasteiger partial charge in [0.25, 0.3) is 0 Å². The lowest BCUT2D eigenvalue weighted by Crippen LogP contribution is -2.26. The normalized spacial score (nSPS) is 14.2. The standard InChI is InChI=1S/C14H13Cl2FN2/c15-10-4-1-8(2-5-10)13(18)14(19)9-3-6-11(16)12(17)7-9/h1-7,13-14H,18-19H2. The predicted octanol–water partition coefficient (Wildman–Crippen LogP) is 3.83. The highest BCUT2D eigenvalue weighted by Crippen LogP contribution is 2.27. The van der Waals surface area contributed by atoms with Crippen molar-refractivity contribution in [3.8, 4) is 0 Å². The monoisotopic (exact) mass is 298 g/mol. The van der Waals surface area contributed by atoms with Crippen molar-refractivity contribution >= 4 is 23.2 Å². The van der Waals surface area contributed by atoms with Crippen LogP contribution in [0.5, 0.6) is 0 Å². The highest BCUT2D eigenvalue weighted by atomic mass is 35.5. The van der Waals surface area contributed by atoms with Gasteiger partial charge in [-0.15, -0.1) is 0 Å². The van der Waals surface area contributed by atoms with Gasteiger partial charge in [0, 0.05) is 17.1 Å². The molecule has 0 saturated carbocycles. The molecule has 2 unspecified atom stereocenters. The summed E-state index contributed by atoms with van der Waals surface area (Å²) >= 11 is 11.5. The van der Waals surface area contributed by atoms with Crippen molar-refractivity contribution in [2.24, 2.45) is 11.5 Å². The summed E-state index contributed by atoms with van der Waals surface area (Å²) < 4.78 is 13.4. The molecule has 100 valence electrons. The molecule has 0 amide bonds. The van der Waals surface area contributed by atoms with E-state index in [1.165, 1.54) is 12.1 Å². The average molecular weight is 299 g/mol. The Labute approximate surface area is 121 Å². The van der Waals surface area contributed by atoms with Crippen LogP contribution in [0, 0.1) is 5.82 Å². The topological polar surface area (TPSA) is 52.0 Å². The Bertz CT molecular complexity index is 572. The van der Waals surface area contributed by atoms with E-state index in [4.69, 9.17) is 34.7 Å². The van der Waals surface area contributed by atoms with Gasteiger partial charge in [-0.25, -0.2) is 4.39 Å². The summed E-state index contributed by atoms with van der Waals surface area (Å²) in [5.74, 6) is -0.502. The minimum Gasteiger partial charge on any atom is -0.322 e. The molecule has 0 aliphatic rings. The molecule has 0 spiro atoms. The van der Waals surface area contributed by atoms with Crippen molar-refractivity contribution in [1.29, 1.82) is 0 Å². The second kappa shape index (κ2) is 5.88. The SMILES string of the molecule is NC(c1ccc(Cl)cc1)C(N)c1ccc(Cl)c(F)c1. The first-order valence-electron chi connectivity index (χ1n) is 5.70. The zero-order chi connectivity index (χ0) is 14.0. The fraction of sp³-hybridized carbons (Fsp3) is 0.143. The quantitative estimate of drug-likeness (QED) is 0.905. The molecule has 0 radical (unpaired) electrons. The smallest absolute Gasteiger partial charge is 0.142 e. The van der Waals surface area contributed by atoms with E-state index in [1.807, 2.05) is 0 Å².